The number of rotatable bonds is 3. The van der Waals surface area contributed by atoms with Crippen LogP contribution in [0.15, 0.2) is 6.07 Å². The van der Waals surface area contributed by atoms with E-state index in [2.05, 4.69) is 9.97 Å². The molecular weight excluding hydrogens is 208 g/mol. The van der Waals surface area contributed by atoms with Crippen LogP contribution >= 0.6 is 0 Å². The van der Waals surface area contributed by atoms with Crippen LogP contribution in [0.2, 0.25) is 0 Å². The Hall–Kier alpha value is -1.36. The van der Waals surface area contributed by atoms with Crippen molar-refractivity contribution in [2.75, 3.05) is 27.4 Å². The van der Waals surface area contributed by atoms with Crippen molar-refractivity contribution in [3.05, 3.63) is 11.8 Å². The smallest absolute Gasteiger partial charge is 0.319 e. The van der Waals surface area contributed by atoms with Crippen molar-refractivity contribution < 1.29 is 14.2 Å². The van der Waals surface area contributed by atoms with E-state index >= 15 is 0 Å². The summed E-state index contributed by atoms with van der Waals surface area (Å²) in [4.78, 5) is 8.43. The number of methoxy groups -OCH3 is 2. The molecule has 0 unspecified atom stereocenters. The second kappa shape index (κ2) is 5.12. The molecule has 1 aliphatic rings. The third-order valence-electron chi connectivity index (χ3n) is 2.73. The minimum atomic E-state index is 0.362. The Labute approximate surface area is 94.8 Å². The molecule has 0 atom stereocenters. The SMILES string of the molecule is COc1cc(C2CCOCC2)nc(OC)n1. The molecule has 5 nitrogen and oxygen atoms in total. The molecule has 0 N–H and O–H groups in total. The van der Waals surface area contributed by atoms with Gasteiger partial charge in [0.25, 0.3) is 0 Å². The summed E-state index contributed by atoms with van der Waals surface area (Å²) in [5.41, 5.74) is 0.979. The Morgan fingerprint density at radius 3 is 2.56 bits per heavy atom. The largest absolute Gasteiger partial charge is 0.481 e. The molecule has 0 bridgehead atoms. The molecule has 5 heteroatoms. The first-order valence-corrected chi connectivity index (χ1v) is 5.38. The van der Waals surface area contributed by atoms with Gasteiger partial charge in [-0.1, -0.05) is 0 Å². The first-order valence-electron chi connectivity index (χ1n) is 5.38. The fraction of sp³-hybridized carbons (Fsp3) is 0.636. The number of ether oxygens (including phenoxy) is 3. The van der Waals surface area contributed by atoms with Gasteiger partial charge in [0.15, 0.2) is 0 Å². The van der Waals surface area contributed by atoms with E-state index in [0.29, 0.717) is 17.8 Å². The molecule has 1 fully saturated rings. The molecule has 2 rings (SSSR count). The van der Waals surface area contributed by atoms with Crippen LogP contribution in [0.25, 0.3) is 0 Å². The predicted molar refractivity (Wildman–Crippen MR) is 57.9 cm³/mol. The summed E-state index contributed by atoms with van der Waals surface area (Å²) in [7, 11) is 3.15. The van der Waals surface area contributed by atoms with E-state index in [-0.39, 0.29) is 0 Å². The molecule has 1 saturated heterocycles. The van der Waals surface area contributed by atoms with Crippen LogP contribution in [0.3, 0.4) is 0 Å². The summed E-state index contributed by atoms with van der Waals surface area (Å²) in [6, 6.07) is 2.24. The highest BCUT2D eigenvalue weighted by atomic mass is 16.5. The fourth-order valence-electron chi connectivity index (χ4n) is 1.82. The number of nitrogens with zero attached hydrogens (tertiary/aromatic N) is 2. The Kier molecular flexibility index (Phi) is 3.56. The highest BCUT2D eigenvalue weighted by Gasteiger charge is 2.19. The lowest BCUT2D eigenvalue weighted by atomic mass is 9.96. The van der Waals surface area contributed by atoms with Gasteiger partial charge in [-0.3, -0.25) is 0 Å². The van der Waals surface area contributed by atoms with Crippen molar-refractivity contribution in [3.8, 4) is 11.9 Å². The summed E-state index contributed by atoms with van der Waals surface area (Å²) < 4.78 is 15.5. The van der Waals surface area contributed by atoms with Crippen molar-refractivity contribution in [2.45, 2.75) is 18.8 Å². The first-order chi connectivity index (χ1) is 7.83. The van der Waals surface area contributed by atoms with E-state index in [1.165, 1.54) is 0 Å². The normalized spacial score (nSPS) is 17.1. The van der Waals surface area contributed by atoms with Gasteiger partial charge in [0.05, 0.1) is 19.9 Å². The third-order valence-corrected chi connectivity index (χ3v) is 2.73. The van der Waals surface area contributed by atoms with E-state index in [9.17, 15) is 0 Å². The summed E-state index contributed by atoms with van der Waals surface area (Å²) in [6.45, 7) is 1.58. The van der Waals surface area contributed by atoms with Crippen LogP contribution in [-0.2, 0) is 4.74 Å². The average Bonchev–Trinajstić information content (AvgIpc) is 2.39. The van der Waals surface area contributed by atoms with Crippen molar-refractivity contribution >= 4 is 0 Å². The van der Waals surface area contributed by atoms with Gasteiger partial charge >= 0.3 is 6.01 Å². The summed E-state index contributed by atoms with van der Waals surface area (Å²) in [5, 5.41) is 0. The van der Waals surface area contributed by atoms with Crippen molar-refractivity contribution in [1.29, 1.82) is 0 Å². The molecule has 0 radical (unpaired) electrons. The molecule has 0 spiro atoms. The Morgan fingerprint density at radius 2 is 1.94 bits per heavy atom. The van der Waals surface area contributed by atoms with Crippen molar-refractivity contribution in [1.82, 2.24) is 9.97 Å². The standard InChI is InChI=1S/C11H16N2O3/c1-14-10-7-9(12-11(13-10)15-2)8-3-5-16-6-4-8/h7-8H,3-6H2,1-2H3. The van der Waals surface area contributed by atoms with Crippen LogP contribution in [0.5, 0.6) is 11.9 Å². The zero-order valence-electron chi connectivity index (χ0n) is 9.60. The fourth-order valence-corrected chi connectivity index (χ4v) is 1.82. The van der Waals surface area contributed by atoms with Crippen molar-refractivity contribution in [3.63, 3.8) is 0 Å². The molecule has 0 aromatic carbocycles. The van der Waals surface area contributed by atoms with Crippen molar-refractivity contribution in [2.24, 2.45) is 0 Å². The van der Waals surface area contributed by atoms with Gasteiger partial charge in [0.2, 0.25) is 5.88 Å². The average molecular weight is 224 g/mol. The third kappa shape index (κ3) is 2.41. The highest BCUT2D eigenvalue weighted by Crippen LogP contribution is 2.28. The van der Waals surface area contributed by atoms with E-state index < -0.39 is 0 Å². The minimum absolute atomic E-state index is 0.362. The monoisotopic (exact) mass is 224 g/mol. The zero-order valence-corrected chi connectivity index (χ0v) is 9.60. The molecule has 0 aliphatic carbocycles. The zero-order chi connectivity index (χ0) is 11.4. The van der Waals surface area contributed by atoms with Gasteiger partial charge in [0, 0.05) is 25.2 Å². The van der Waals surface area contributed by atoms with Crippen LogP contribution in [0.4, 0.5) is 0 Å². The van der Waals surface area contributed by atoms with E-state index in [1.54, 1.807) is 14.2 Å². The summed E-state index contributed by atoms with van der Waals surface area (Å²) >= 11 is 0. The molecule has 0 saturated carbocycles. The maximum absolute atomic E-state index is 5.33. The Balaban J connectivity index is 2.24. The number of hydrogen-bond donors (Lipinski definition) is 0. The molecule has 0 amide bonds. The van der Waals surface area contributed by atoms with Gasteiger partial charge in [0.1, 0.15) is 0 Å². The van der Waals surface area contributed by atoms with Gasteiger partial charge in [-0.25, -0.2) is 0 Å². The first kappa shape index (κ1) is 11.1. The predicted octanol–water partition coefficient (Wildman–Crippen LogP) is 1.39. The lowest BCUT2D eigenvalue weighted by Crippen LogP contribution is -2.15. The van der Waals surface area contributed by atoms with E-state index in [4.69, 9.17) is 14.2 Å². The second-order valence-corrected chi connectivity index (χ2v) is 3.71. The highest BCUT2D eigenvalue weighted by molar-refractivity contribution is 5.21. The van der Waals surface area contributed by atoms with Crippen LogP contribution in [0.1, 0.15) is 24.5 Å². The minimum Gasteiger partial charge on any atom is -0.481 e. The summed E-state index contributed by atoms with van der Waals surface area (Å²) in [6.07, 6.45) is 1.98. The molecule has 1 aromatic rings. The molecule has 1 aromatic heterocycles. The molecule has 16 heavy (non-hydrogen) atoms. The van der Waals surface area contributed by atoms with Gasteiger partial charge in [-0.15, -0.1) is 0 Å². The van der Waals surface area contributed by atoms with Crippen LogP contribution in [0, 0.1) is 0 Å². The quantitative estimate of drug-likeness (QED) is 0.776. The van der Waals surface area contributed by atoms with Gasteiger partial charge < -0.3 is 14.2 Å². The number of hydrogen-bond acceptors (Lipinski definition) is 5. The van der Waals surface area contributed by atoms with E-state index in [0.717, 1.165) is 31.7 Å². The Morgan fingerprint density at radius 1 is 1.19 bits per heavy atom. The molecule has 1 aliphatic heterocycles. The van der Waals surface area contributed by atoms with E-state index in [1.807, 2.05) is 6.07 Å². The maximum Gasteiger partial charge on any atom is 0.319 e. The van der Waals surface area contributed by atoms with Gasteiger partial charge in [-0.05, 0) is 12.8 Å². The number of aromatic nitrogens is 2. The molecular formula is C11H16N2O3. The van der Waals surface area contributed by atoms with Crippen LogP contribution < -0.4 is 9.47 Å². The second-order valence-electron chi connectivity index (χ2n) is 3.71. The Bertz CT molecular complexity index is 329. The molecule has 88 valence electrons. The lowest BCUT2D eigenvalue weighted by Gasteiger charge is -2.21. The van der Waals surface area contributed by atoms with Gasteiger partial charge in [-0.2, -0.15) is 9.97 Å². The molecule has 2 heterocycles. The topological polar surface area (TPSA) is 53.5 Å². The van der Waals surface area contributed by atoms with Crippen LogP contribution in [-0.4, -0.2) is 37.4 Å². The summed E-state index contributed by atoms with van der Waals surface area (Å²) in [5.74, 6) is 0.966. The maximum atomic E-state index is 5.33. The lowest BCUT2D eigenvalue weighted by molar-refractivity contribution is 0.0842.